The number of carbonyl (C=O) groups is 1. The third-order valence-electron chi connectivity index (χ3n) is 3.30. The van der Waals surface area contributed by atoms with Crippen LogP contribution in [-0.2, 0) is 4.79 Å². The van der Waals surface area contributed by atoms with E-state index in [1.165, 1.54) is 12.1 Å². The fourth-order valence-electron chi connectivity index (χ4n) is 2.57. The Balaban J connectivity index is 2.19. The molecule has 0 spiro atoms. The van der Waals surface area contributed by atoms with E-state index in [2.05, 4.69) is 0 Å². The van der Waals surface area contributed by atoms with Crippen molar-refractivity contribution in [2.24, 2.45) is 11.7 Å². The maximum Gasteiger partial charge on any atom is 0.303 e. The number of carboxylic acid groups (broad SMARTS) is 1. The standard InChI is InChI=1S/C13H16F2N2O2/c14-10-2-1-3-11(13(10)15)17-6-8(5-12(18)19)4-9(16)7-17/h1-3,8-9H,4-7,16H2,(H,18,19). The van der Waals surface area contributed by atoms with Gasteiger partial charge in [-0.2, -0.15) is 0 Å². The molecule has 0 amide bonds. The Hall–Kier alpha value is -1.69. The van der Waals surface area contributed by atoms with Crippen LogP contribution in [0, 0.1) is 17.6 Å². The highest BCUT2D eigenvalue weighted by Crippen LogP contribution is 2.27. The maximum absolute atomic E-state index is 13.7. The molecule has 1 heterocycles. The number of anilines is 1. The third-order valence-corrected chi connectivity index (χ3v) is 3.30. The fraction of sp³-hybridized carbons (Fsp3) is 0.462. The molecule has 104 valence electrons. The number of hydrogen-bond donors (Lipinski definition) is 2. The molecule has 0 saturated carbocycles. The number of rotatable bonds is 3. The SMILES string of the molecule is NC1CC(CC(=O)O)CN(c2cccc(F)c2F)C1. The van der Waals surface area contributed by atoms with Crippen LogP contribution in [0.3, 0.4) is 0 Å². The van der Waals surface area contributed by atoms with E-state index in [1.807, 2.05) is 0 Å². The molecule has 1 saturated heterocycles. The minimum absolute atomic E-state index is 0.0128. The van der Waals surface area contributed by atoms with Gasteiger partial charge in [-0.3, -0.25) is 4.79 Å². The first-order chi connectivity index (χ1) is 8.97. The van der Waals surface area contributed by atoms with Crippen LogP contribution in [0.4, 0.5) is 14.5 Å². The summed E-state index contributed by atoms with van der Waals surface area (Å²) in [5.41, 5.74) is 6.01. The van der Waals surface area contributed by atoms with E-state index >= 15 is 0 Å². The fourth-order valence-corrected chi connectivity index (χ4v) is 2.57. The Morgan fingerprint density at radius 3 is 2.84 bits per heavy atom. The first kappa shape index (κ1) is 13.7. The highest BCUT2D eigenvalue weighted by molar-refractivity contribution is 5.67. The summed E-state index contributed by atoms with van der Waals surface area (Å²) in [6, 6.07) is 3.73. The predicted octanol–water partition coefficient (Wildman–Crippen LogP) is 1.59. The Morgan fingerprint density at radius 1 is 1.42 bits per heavy atom. The Labute approximate surface area is 109 Å². The zero-order chi connectivity index (χ0) is 14.0. The lowest BCUT2D eigenvalue weighted by atomic mass is 9.91. The average Bonchev–Trinajstić information content (AvgIpc) is 2.31. The van der Waals surface area contributed by atoms with E-state index in [-0.39, 0.29) is 24.1 Å². The number of aliphatic carboxylic acids is 1. The number of hydrogen-bond acceptors (Lipinski definition) is 3. The van der Waals surface area contributed by atoms with E-state index in [4.69, 9.17) is 10.8 Å². The second-order valence-corrected chi connectivity index (χ2v) is 4.94. The summed E-state index contributed by atoms with van der Waals surface area (Å²) in [7, 11) is 0. The molecular formula is C13H16F2N2O2. The second-order valence-electron chi connectivity index (χ2n) is 4.94. The zero-order valence-corrected chi connectivity index (χ0v) is 10.4. The molecule has 3 N–H and O–H groups in total. The van der Waals surface area contributed by atoms with E-state index in [1.54, 1.807) is 4.90 Å². The topological polar surface area (TPSA) is 66.6 Å². The van der Waals surface area contributed by atoms with Gasteiger partial charge in [-0.15, -0.1) is 0 Å². The van der Waals surface area contributed by atoms with Crippen LogP contribution < -0.4 is 10.6 Å². The molecular weight excluding hydrogens is 254 g/mol. The maximum atomic E-state index is 13.7. The number of carboxylic acids is 1. The average molecular weight is 270 g/mol. The molecule has 1 aliphatic rings. The summed E-state index contributed by atoms with van der Waals surface area (Å²) in [4.78, 5) is 12.4. The summed E-state index contributed by atoms with van der Waals surface area (Å²) in [5, 5.41) is 8.81. The quantitative estimate of drug-likeness (QED) is 0.875. The molecule has 1 aliphatic heterocycles. The molecule has 1 fully saturated rings. The van der Waals surface area contributed by atoms with Gasteiger partial charge in [-0.1, -0.05) is 6.07 Å². The van der Waals surface area contributed by atoms with Crippen molar-refractivity contribution in [3.05, 3.63) is 29.8 Å². The van der Waals surface area contributed by atoms with Gasteiger partial charge in [0.15, 0.2) is 11.6 Å². The largest absolute Gasteiger partial charge is 0.481 e. The van der Waals surface area contributed by atoms with Gasteiger partial charge in [0.2, 0.25) is 0 Å². The van der Waals surface area contributed by atoms with Crippen molar-refractivity contribution >= 4 is 11.7 Å². The Bertz CT molecular complexity index is 482. The van der Waals surface area contributed by atoms with Gasteiger partial charge in [-0.05, 0) is 24.5 Å². The van der Waals surface area contributed by atoms with Crippen LogP contribution in [0.2, 0.25) is 0 Å². The summed E-state index contributed by atoms with van der Waals surface area (Å²) in [6.45, 7) is 0.775. The molecule has 19 heavy (non-hydrogen) atoms. The number of halogens is 2. The van der Waals surface area contributed by atoms with Crippen LogP contribution in [0.5, 0.6) is 0 Å². The summed E-state index contributed by atoms with van der Waals surface area (Å²) in [5.74, 6) is -2.88. The summed E-state index contributed by atoms with van der Waals surface area (Å²) in [6.07, 6.45) is 0.570. The van der Waals surface area contributed by atoms with Crippen LogP contribution in [0.15, 0.2) is 18.2 Å². The summed E-state index contributed by atoms with van der Waals surface area (Å²) < 4.78 is 26.9. The minimum atomic E-state index is -0.911. The van der Waals surface area contributed by atoms with Gasteiger partial charge in [0.25, 0.3) is 0 Å². The van der Waals surface area contributed by atoms with Crippen LogP contribution >= 0.6 is 0 Å². The van der Waals surface area contributed by atoms with E-state index in [0.717, 1.165) is 6.07 Å². The molecule has 4 nitrogen and oxygen atoms in total. The number of benzene rings is 1. The molecule has 6 heteroatoms. The van der Waals surface area contributed by atoms with Gasteiger partial charge >= 0.3 is 5.97 Å². The number of nitrogens with two attached hydrogens (primary N) is 1. The number of piperidine rings is 1. The van der Waals surface area contributed by atoms with Crippen LogP contribution in [0.25, 0.3) is 0 Å². The second kappa shape index (κ2) is 5.52. The molecule has 0 bridgehead atoms. The van der Waals surface area contributed by atoms with E-state index in [9.17, 15) is 13.6 Å². The van der Waals surface area contributed by atoms with Crippen molar-refractivity contribution in [1.82, 2.24) is 0 Å². The van der Waals surface area contributed by atoms with E-state index in [0.29, 0.717) is 19.5 Å². The van der Waals surface area contributed by atoms with Gasteiger partial charge in [0.05, 0.1) is 5.69 Å². The molecule has 0 aliphatic carbocycles. The molecule has 1 aromatic rings. The van der Waals surface area contributed by atoms with Crippen molar-refractivity contribution in [3.8, 4) is 0 Å². The smallest absolute Gasteiger partial charge is 0.303 e. The van der Waals surface area contributed by atoms with E-state index < -0.39 is 17.6 Å². The first-order valence-corrected chi connectivity index (χ1v) is 6.13. The van der Waals surface area contributed by atoms with Gasteiger partial charge < -0.3 is 15.7 Å². The van der Waals surface area contributed by atoms with Gasteiger partial charge in [0.1, 0.15) is 0 Å². The Kier molecular flexibility index (Phi) is 3.99. The molecule has 0 aromatic heterocycles. The molecule has 2 rings (SSSR count). The van der Waals surface area contributed by atoms with Gasteiger partial charge in [0, 0.05) is 25.6 Å². The monoisotopic (exact) mass is 270 g/mol. The normalized spacial score (nSPS) is 23.4. The van der Waals surface area contributed by atoms with Crippen molar-refractivity contribution in [2.45, 2.75) is 18.9 Å². The third kappa shape index (κ3) is 3.20. The van der Waals surface area contributed by atoms with Gasteiger partial charge in [-0.25, -0.2) is 8.78 Å². The van der Waals surface area contributed by atoms with Crippen molar-refractivity contribution < 1.29 is 18.7 Å². The lowest BCUT2D eigenvalue weighted by molar-refractivity contribution is -0.138. The van der Waals surface area contributed by atoms with Crippen molar-refractivity contribution in [3.63, 3.8) is 0 Å². The number of nitrogens with zero attached hydrogens (tertiary/aromatic N) is 1. The molecule has 0 radical (unpaired) electrons. The highest BCUT2D eigenvalue weighted by Gasteiger charge is 2.28. The van der Waals surface area contributed by atoms with Crippen molar-refractivity contribution in [2.75, 3.05) is 18.0 Å². The lowest BCUT2D eigenvalue weighted by Gasteiger charge is -2.37. The molecule has 2 atom stereocenters. The minimum Gasteiger partial charge on any atom is -0.481 e. The predicted molar refractivity (Wildman–Crippen MR) is 66.9 cm³/mol. The van der Waals surface area contributed by atoms with Crippen molar-refractivity contribution in [1.29, 1.82) is 0 Å². The van der Waals surface area contributed by atoms with Crippen LogP contribution in [-0.4, -0.2) is 30.2 Å². The lowest BCUT2D eigenvalue weighted by Crippen LogP contribution is -2.48. The Morgan fingerprint density at radius 2 is 2.16 bits per heavy atom. The molecule has 1 aromatic carbocycles. The highest BCUT2D eigenvalue weighted by atomic mass is 19.2. The molecule has 2 unspecified atom stereocenters. The summed E-state index contributed by atoms with van der Waals surface area (Å²) >= 11 is 0. The first-order valence-electron chi connectivity index (χ1n) is 6.13. The zero-order valence-electron chi connectivity index (χ0n) is 10.4. The van der Waals surface area contributed by atoms with Crippen LogP contribution in [0.1, 0.15) is 12.8 Å².